The van der Waals surface area contributed by atoms with Crippen molar-refractivity contribution in [2.75, 3.05) is 20.2 Å². The molecular weight excluding hydrogens is 300 g/mol. The van der Waals surface area contributed by atoms with Crippen molar-refractivity contribution in [2.24, 2.45) is 5.92 Å². The van der Waals surface area contributed by atoms with Gasteiger partial charge in [0.1, 0.15) is 18.7 Å². The second kappa shape index (κ2) is 7.02. The molecule has 1 aliphatic heterocycles. The van der Waals surface area contributed by atoms with E-state index in [2.05, 4.69) is 15.0 Å². The van der Waals surface area contributed by atoms with Gasteiger partial charge >= 0.3 is 5.97 Å². The number of hydrogen-bond acceptors (Lipinski definition) is 6. The fraction of sp³-hybridized carbons (Fsp3) is 0.533. The first-order chi connectivity index (χ1) is 10.8. The highest BCUT2D eigenvalue weighted by Crippen LogP contribution is 2.29. The minimum absolute atomic E-state index is 0.181. The van der Waals surface area contributed by atoms with Crippen LogP contribution in [-0.2, 0) is 16.1 Å². The average Bonchev–Trinajstić information content (AvgIpc) is 3.21. The molecule has 1 saturated heterocycles. The molecule has 6 nitrogen and oxygen atoms in total. The van der Waals surface area contributed by atoms with Crippen LogP contribution in [0.15, 0.2) is 29.5 Å². The van der Waals surface area contributed by atoms with Gasteiger partial charge in [0.2, 0.25) is 0 Å². The molecule has 0 bridgehead atoms. The average molecular weight is 320 g/mol. The van der Waals surface area contributed by atoms with E-state index < -0.39 is 0 Å². The smallest absolute Gasteiger partial charge is 0.327 e. The molecule has 0 aliphatic carbocycles. The number of piperidine rings is 1. The number of rotatable bonds is 5. The zero-order chi connectivity index (χ0) is 15.4. The van der Waals surface area contributed by atoms with Crippen molar-refractivity contribution < 1.29 is 9.53 Å². The summed E-state index contributed by atoms with van der Waals surface area (Å²) in [6, 6.07) is 1.71. The summed E-state index contributed by atoms with van der Waals surface area (Å²) < 4.78 is 6.89. The maximum absolute atomic E-state index is 12.2. The number of methoxy groups -OCH3 is 1. The number of ether oxygens (including phenoxy) is 1. The predicted molar refractivity (Wildman–Crippen MR) is 83.4 cm³/mol. The van der Waals surface area contributed by atoms with Gasteiger partial charge in [-0.2, -0.15) is 16.4 Å². The second-order valence-electron chi connectivity index (χ2n) is 5.60. The molecule has 118 valence electrons. The van der Waals surface area contributed by atoms with Crippen LogP contribution in [0.3, 0.4) is 0 Å². The number of thiophene rings is 1. The van der Waals surface area contributed by atoms with E-state index in [4.69, 9.17) is 4.74 Å². The Kier molecular flexibility index (Phi) is 4.84. The normalized spacial score (nSPS) is 20.7. The van der Waals surface area contributed by atoms with Crippen LogP contribution in [0.2, 0.25) is 0 Å². The lowest BCUT2D eigenvalue weighted by molar-refractivity contribution is -0.148. The first kappa shape index (κ1) is 15.2. The minimum atomic E-state index is -0.296. The predicted octanol–water partition coefficient (Wildman–Crippen LogP) is 1.97. The summed E-state index contributed by atoms with van der Waals surface area (Å²) in [4.78, 5) is 18.5. The monoisotopic (exact) mass is 320 g/mol. The maximum Gasteiger partial charge on any atom is 0.327 e. The molecule has 0 aromatic carbocycles. The van der Waals surface area contributed by atoms with Crippen LogP contribution >= 0.6 is 11.3 Å². The van der Waals surface area contributed by atoms with Crippen LogP contribution in [0.4, 0.5) is 0 Å². The third-order valence-corrected chi connectivity index (χ3v) is 4.81. The Morgan fingerprint density at radius 1 is 1.59 bits per heavy atom. The van der Waals surface area contributed by atoms with Crippen molar-refractivity contribution in [3.8, 4) is 0 Å². The first-order valence-corrected chi connectivity index (χ1v) is 8.38. The van der Waals surface area contributed by atoms with E-state index in [1.165, 1.54) is 7.11 Å². The van der Waals surface area contributed by atoms with E-state index in [1.54, 1.807) is 24.0 Å². The Labute approximate surface area is 133 Å². The minimum Gasteiger partial charge on any atom is -0.468 e. The highest BCUT2D eigenvalue weighted by Gasteiger charge is 2.32. The first-order valence-electron chi connectivity index (χ1n) is 7.44. The number of carbonyl (C=O) groups excluding carboxylic acids is 1. The number of esters is 1. The van der Waals surface area contributed by atoms with E-state index in [1.807, 2.05) is 21.5 Å². The van der Waals surface area contributed by atoms with Crippen LogP contribution in [0, 0.1) is 5.92 Å². The molecular formula is C15H20N4O2S. The molecule has 22 heavy (non-hydrogen) atoms. The summed E-state index contributed by atoms with van der Waals surface area (Å²) in [5, 5.41) is 8.21. The summed E-state index contributed by atoms with van der Waals surface area (Å²) >= 11 is 1.61. The number of likely N-dealkylation sites (tertiary alicyclic amines) is 1. The van der Waals surface area contributed by atoms with Gasteiger partial charge < -0.3 is 4.74 Å². The van der Waals surface area contributed by atoms with Gasteiger partial charge in [-0.15, -0.1) is 0 Å². The van der Waals surface area contributed by atoms with Crippen molar-refractivity contribution in [1.82, 2.24) is 19.7 Å². The maximum atomic E-state index is 12.2. The molecule has 2 aromatic rings. The van der Waals surface area contributed by atoms with Crippen molar-refractivity contribution in [3.05, 3.63) is 35.0 Å². The summed E-state index contributed by atoms with van der Waals surface area (Å²) in [6.07, 6.45) is 5.53. The number of aromatic nitrogens is 3. The highest BCUT2D eigenvalue weighted by atomic mass is 32.1. The van der Waals surface area contributed by atoms with Crippen LogP contribution in [0.1, 0.15) is 24.4 Å². The molecule has 0 N–H and O–H groups in total. The highest BCUT2D eigenvalue weighted by molar-refractivity contribution is 7.08. The molecule has 2 atom stereocenters. The Balaban J connectivity index is 1.72. The summed E-state index contributed by atoms with van der Waals surface area (Å²) in [5.74, 6) is 0.293. The molecule has 0 amide bonds. The SMILES string of the molecule is COC(=O)[C@H](c1ccsc1)N1CCC[C@H](Cn2cncn2)C1. The van der Waals surface area contributed by atoms with Crippen molar-refractivity contribution in [3.63, 3.8) is 0 Å². The molecule has 0 spiro atoms. The number of nitrogens with zero attached hydrogens (tertiary/aromatic N) is 4. The van der Waals surface area contributed by atoms with E-state index >= 15 is 0 Å². The molecule has 0 unspecified atom stereocenters. The van der Waals surface area contributed by atoms with Gasteiger partial charge in [-0.25, -0.2) is 9.78 Å². The van der Waals surface area contributed by atoms with Crippen molar-refractivity contribution >= 4 is 17.3 Å². The summed E-state index contributed by atoms with van der Waals surface area (Å²) in [6.45, 7) is 2.63. The lowest BCUT2D eigenvalue weighted by atomic mass is 9.95. The van der Waals surface area contributed by atoms with Crippen molar-refractivity contribution in [2.45, 2.75) is 25.4 Å². The van der Waals surface area contributed by atoms with E-state index in [9.17, 15) is 4.79 Å². The van der Waals surface area contributed by atoms with Gasteiger partial charge in [0.15, 0.2) is 0 Å². The fourth-order valence-corrected chi connectivity index (χ4v) is 3.79. The summed E-state index contributed by atoms with van der Waals surface area (Å²) in [5.41, 5.74) is 1.03. The molecule has 3 rings (SSSR count). The van der Waals surface area contributed by atoms with Crippen LogP contribution in [0.5, 0.6) is 0 Å². The van der Waals surface area contributed by atoms with Gasteiger partial charge in [0.05, 0.1) is 7.11 Å². The third-order valence-electron chi connectivity index (χ3n) is 4.11. The molecule has 1 aliphatic rings. The Bertz CT molecular complexity index is 585. The Hall–Kier alpha value is -1.73. The van der Waals surface area contributed by atoms with Crippen LogP contribution in [-0.4, -0.2) is 45.8 Å². The van der Waals surface area contributed by atoms with Gasteiger partial charge in [-0.05, 0) is 47.7 Å². The standard InChI is InChI=1S/C15H20N4O2S/c1-21-15(20)14(13-4-6-22-9-13)18-5-2-3-12(7-18)8-19-11-16-10-17-19/h4,6,9-12,14H,2-3,5,7-8H2,1H3/t12-,14-/m0/s1. The molecule has 1 fully saturated rings. The molecule has 2 aromatic heterocycles. The summed E-state index contributed by atoms with van der Waals surface area (Å²) in [7, 11) is 1.46. The zero-order valence-corrected chi connectivity index (χ0v) is 13.4. The Morgan fingerprint density at radius 3 is 3.18 bits per heavy atom. The lowest BCUT2D eigenvalue weighted by Crippen LogP contribution is -2.42. The van der Waals surface area contributed by atoms with E-state index in [-0.39, 0.29) is 12.0 Å². The molecule has 7 heteroatoms. The van der Waals surface area contributed by atoms with E-state index in [0.29, 0.717) is 5.92 Å². The van der Waals surface area contributed by atoms with Crippen LogP contribution < -0.4 is 0 Å². The number of carbonyl (C=O) groups is 1. The number of hydrogen-bond donors (Lipinski definition) is 0. The second-order valence-corrected chi connectivity index (χ2v) is 6.38. The Morgan fingerprint density at radius 2 is 2.50 bits per heavy atom. The molecule has 0 saturated carbocycles. The third kappa shape index (κ3) is 3.36. The van der Waals surface area contributed by atoms with Crippen molar-refractivity contribution in [1.29, 1.82) is 0 Å². The fourth-order valence-electron chi connectivity index (χ4n) is 3.11. The van der Waals surface area contributed by atoms with Gasteiger partial charge in [-0.1, -0.05) is 0 Å². The van der Waals surface area contributed by atoms with E-state index in [0.717, 1.165) is 38.0 Å². The van der Waals surface area contributed by atoms with Gasteiger partial charge in [-0.3, -0.25) is 9.58 Å². The largest absolute Gasteiger partial charge is 0.468 e. The van der Waals surface area contributed by atoms with Gasteiger partial charge in [0, 0.05) is 13.1 Å². The topological polar surface area (TPSA) is 60.2 Å². The quantitative estimate of drug-likeness (QED) is 0.788. The zero-order valence-electron chi connectivity index (χ0n) is 12.6. The molecule has 0 radical (unpaired) electrons. The molecule has 3 heterocycles. The van der Waals surface area contributed by atoms with Crippen LogP contribution in [0.25, 0.3) is 0 Å². The lowest BCUT2D eigenvalue weighted by Gasteiger charge is -2.36. The van der Waals surface area contributed by atoms with Gasteiger partial charge in [0.25, 0.3) is 0 Å².